The van der Waals surface area contributed by atoms with Gasteiger partial charge in [0.1, 0.15) is 17.2 Å². The molecule has 0 radical (unpaired) electrons. The molecule has 0 unspecified atom stereocenters. The van der Waals surface area contributed by atoms with Crippen molar-refractivity contribution in [2.45, 2.75) is 17.7 Å². The van der Waals surface area contributed by atoms with Gasteiger partial charge in [0.2, 0.25) is 5.91 Å². The van der Waals surface area contributed by atoms with E-state index in [1.807, 2.05) is 12.1 Å². The van der Waals surface area contributed by atoms with Crippen LogP contribution in [0.3, 0.4) is 0 Å². The Morgan fingerprint density at radius 2 is 1.86 bits per heavy atom. The summed E-state index contributed by atoms with van der Waals surface area (Å²) in [5, 5.41) is 3.24. The van der Waals surface area contributed by atoms with Crippen molar-refractivity contribution in [2.75, 3.05) is 19.1 Å². The number of carbonyl (C=O) groups excluding carboxylic acids is 1. The molecule has 1 fully saturated rings. The van der Waals surface area contributed by atoms with Gasteiger partial charge in [-0.3, -0.25) is 9.78 Å². The van der Waals surface area contributed by atoms with E-state index in [1.165, 1.54) is 6.07 Å². The van der Waals surface area contributed by atoms with E-state index in [0.29, 0.717) is 42.8 Å². The average Bonchev–Trinajstić information content (AvgIpc) is 3.17. The third kappa shape index (κ3) is 3.93. The molecule has 2 aromatic heterocycles. The lowest BCUT2D eigenvalue weighted by molar-refractivity contribution is -0.127. The van der Waals surface area contributed by atoms with Gasteiger partial charge < -0.3 is 14.5 Å². The number of hydrogen-bond donors (Lipinski definition) is 1. The van der Waals surface area contributed by atoms with E-state index < -0.39 is 15.7 Å². The third-order valence-corrected chi connectivity index (χ3v) is 6.34. The summed E-state index contributed by atoms with van der Waals surface area (Å²) in [5.41, 5.74) is 1.45. The van der Waals surface area contributed by atoms with Crippen molar-refractivity contribution in [1.29, 1.82) is 0 Å². The first-order chi connectivity index (χ1) is 13.5. The highest BCUT2D eigenvalue weighted by Gasteiger charge is 2.24. The predicted molar refractivity (Wildman–Crippen MR) is 103 cm³/mol. The van der Waals surface area contributed by atoms with Gasteiger partial charge in [-0.25, -0.2) is 8.42 Å². The van der Waals surface area contributed by atoms with E-state index in [-0.39, 0.29) is 16.7 Å². The van der Waals surface area contributed by atoms with Crippen molar-refractivity contribution >= 4 is 26.7 Å². The zero-order chi connectivity index (χ0) is 19.6. The van der Waals surface area contributed by atoms with Gasteiger partial charge in [0.15, 0.2) is 9.84 Å². The highest BCUT2D eigenvalue weighted by atomic mass is 32.2. The second-order valence-corrected chi connectivity index (χ2v) is 8.72. The number of benzene rings is 1. The summed E-state index contributed by atoms with van der Waals surface area (Å²) in [4.78, 5) is 16.3. The number of ether oxygens (including phenoxy) is 1. The van der Waals surface area contributed by atoms with E-state index in [4.69, 9.17) is 9.15 Å². The van der Waals surface area contributed by atoms with Gasteiger partial charge in [0.05, 0.1) is 4.90 Å². The van der Waals surface area contributed by atoms with Crippen molar-refractivity contribution in [3.63, 3.8) is 0 Å². The predicted octanol–water partition coefficient (Wildman–Crippen LogP) is 2.77. The van der Waals surface area contributed by atoms with E-state index in [9.17, 15) is 13.2 Å². The minimum atomic E-state index is -3.66. The van der Waals surface area contributed by atoms with Gasteiger partial charge in [-0.1, -0.05) is 0 Å². The highest BCUT2D eigenvalue weighted by molar-refractivity contribution is 7.91. The number of rotatable bonds is 5. The number of carbonyl (C=O) groups is 1. The normalized spacial score (nSPS) is 15.6. The van der Waals surface area contributed by atoms with Crippen molar-refractivity contribution < 1.29 is 22.4 Å². The van der Waals surface area contributed by atoms with Crippen molar-refractivity contribution in [2.24, 2.45) is 5.92 Å². The summed E-state index contributed by atoms with van der Waals surface area (Å²) < 4.78 is 36.3. The molecule has 1 aromatic carbocycles. The van der Waals surface area contributed by atoms with E-state index in [0.717, 1.165) is 5.56 Å². The van der Waals surface area contributed by atoms with Crippen LogP contribution in [0.1, 0.15) is 12.8 Å². The maximum Gasteiger partial charge on any atom is 0.224 e. The molecule has 1 N–H and O–H groups in total. The summed E-state index contributed by atoms with van der Waals surface area (Å²) >= 11 is 0. The molecule has 1 amide bonds. The summed E-state index contributed by atoms with van der Waals surface area (Å²) in [6.45, 7) is 1.06. The molecule has 3 heterocycles. The number of sulfone groups is 1. The third-order valence-electron chi connectivity index (χ3n) is 4.84. The molecule has 3 aromatic rings. The number of nitrogens with zero attached hydrogens (tertiary/aromatic N) is 1. The number of aromatic nitrogens is 1. The largest absolute Gasteiger partial charge is 0.456 e. The topological polar surface area (TPSA) is 98.5 Å². The molecular weight excluding hydrogens is 380 g/mol. The van der Waals surface area contributed by atoms with Crippen LogP contribution >= 0.6 is 0 Å². The molecule has 1 saturated heterocycles. The van der Waals surface area contributed by atoms with Gasteiger partial charge in [0, 0.05) is 42.5 Å². The second-order valence-electron chi connectivity index (χ2n) is 6.73. The maximum absolute atomic E-state index is 12.7. The molecule has 0 aliphatic carbocycles. The molecule has 0 atom stereocenters. The minimum absolute atomic E-state index is 0.148. The van der Waals surface area contributed by atoms with Crippen molar-refractivity contribution in [3.05, 3.63) is 48.8 Å². The Kier molecular flexibility index (Phi) is 5.15. The number of pyridine rings is 1. The molecule has 0 bridgehead atoms. The number of fused-ring (bicyclic) bond motifs is 1. The lowest BCUT2D eigenvalue weighted by Gasteiger charge is -2.21. The Balaban J connectivity index is 1.51. The fraction of sp³-hybridized carbons (Fsp3) is 0.300. The molecule has 28 heavy (non-hydrogen) atoms. The number of furan rings is 1. The van der Waals surface area contributed by atoms with Crippen LogP contribution in [0.2, 0.25) is 0 Å². The quantitative estimate of drug-likeness (QED) is 0.707. The van der Waals surface area contributed by atoms with E-state index >= 15 is 0 Å². The lowest BCUT2D eigenvalue weighted by atomic mass is 10.00. The first kappa shape index (κ1) is 18.6. The van der Waals surface area contributed by atoms with E-state index in [2.05, 4.69) is 10.3 Å². The SMILES string of the molecule is O=C(NCS(=O)(=O)c1ccc2oc(-c3ccncc3)cc2c1)C1CCOCC1. The Hall–Kier alpha value is -2.71. The standard InChI is InChI=1S/C20H20N2O5S/c23-20(15-5-9-26-10-6-15)22-13-28(24,25)17-1-2-18-16(11-17)12-19(27-18)14-3-7-21-8-4-14/h1-4,7-8,11-12,15H,5-6,9-10,13H2,(H,22,23). The molecule has 0 spiro atoms. The molecule has 7 nitrogen and oxygen atoms in total. The van der Waals surface area contributed by atoms with Gasteiger partial charge in [-0.15, -0.1) is 0 Å². The van der Waals surface area contributed by atoms with Gasteiger partial charge in [-0.2, -0.15) is 0 Å². The molecule has 1 aliphatic rings. The fourth-order valence-electron chi connectivity index (χ4n) is 3.23. The monoisotopic (exact) mass is 400 g/mol. The van der Waals surface area contributed by atoms with Gasteiger partial charge in [0.25, 0.3) is 0 Å². The molecule has 146 valence electrons. The number of hydrogen-bond acceptors (Lipinski definition) is 6. The van der Waals surface area contributed by atoms with Crippen LogP contribution in [0.15, 0.2) is 58.1 Å². The van der Waals surface area contributed by atoms with Gasteiger partial charge in [-0.05, 0) is 49.2 Å². The summed E-state index contributed by atoms with van der Waals surface area (Å²) in [7, 11) is -3.66. The second kappa shape index (κ2) is 7.73. The summed E-state index contributed by atoms with van der Waals surface area (Å²) in [6, 6.07) is 10.1. The number of nitrogens with one attached hydrogen (secondary N) is 1. The minimum Gasteiger partial charge on any atom is -0.456 e. The Labute approximate surface area is 162 Å². The summed E-state index contributed by atoms with van der Waals surface area (Å²) in [5.74, 6) is -0.219. The van der Waals surface area contributed by atoms with Crippen LogP contribution in [-0.4, -0.2) is 38.4 Å². The number of amides is 1. The fourth-order valence-corrected chi connectivity index (χ4v) is 4.31. The first-order valence-electron chi connectivity index (χ1n) is 9.05. The van der Waals surface area contributed by atoms with Crippen LogP contribution in [-0.2, 0) is 19.4 Å². The smallest absolute Gasteiger partial charge is 0.224 e. The van der Waals surface area contributed by atoms with Crippen LogP contribution in [0.4, 0.5) is 0 Å². The Morgan fingerprint density at radius 3 is 2.61 bits per heavy atom. The molecule has 0 saturated carbocycles. The van der Waals surface area contributed by atoms with E-state index in [1.54, 1.807) is 30.6 Å². The van der Waals surface area contributed by atoms with Crippen LogP contribution in [0, 0.1) is 5.92 Å². The van der Waals surface area contributed by atoms with Crippen molar-refractivity contribution in [3.8, 4) is 11.3 Å². The maximum atomic E-state index is 12.7. The van der Waals surface area contributed by atoms with Gasteiger partial charge >= 0.3 is 0 Å². The zero-order valence-corrected chi connectivity index (χ0v) is 15.9. The first-order valence-corrected chi connectivity index (χ1v) is 10.7. The van der Waals surface area contributed by atoms with Crippen molar-refractivity contribution in [1.82, 2.24) is 10.3 Å². The van der Waals surface area contributed by atoms with Crippen LogP contribution < -0.4 is 5.32 Å². The molecule has 8 heteroatoms. The summed E-state index contributed by atoms with van der Waals surface area (Å²) in [6.07, 6.45) is 4.56. The van der Waals surface area contributed by atoms with Crippen LogP contribution in [0.5, 0.6) is 0 Å². The Morgan fingerprint density at radius 1 is 1.11 bits per heavy atom. The Bertz CT molecular complexity index is 1090. The van der Waals surface area contributed by atoms with Crippen LogP contribution in [0.25, 0.3) is 22.3 Å². The molecule has 1 aliphatic heterocycles. The molecule has 4 rings (SSSR count). The highest BCUT2D eigenvalue weighted by Crippen LogP contribution is 2.29. The zero-order valence-electron chi connectivity index (χ0n) is 15.1. The molecular formula is C20H20N2O5S. The average molecular weight is 400 g/mol. The lowest BCUT2D eigenvalue weighted by Crippen LogP contribution is -2.37.